The van der Waals surface area contributed by atoms with Crippen molar-refractivity contribution in [3.8, 4) is 11.5 Å². The fraction of sp³-hybridized carbons (Fsp3) is 0.125. The fourth-order valence-corrected chi connectivity index (χ4v) is 1.97. The number of aryl methyl sites for hydroxylation is 1. The minimum atomic E-state index is 0.383. The molecule has 78 valence electrons. The number of halogens is 3. The van der Waals surface area contributed by atoms with Crippen molar-refractivity contribution >= 4 is 43.5 Å². The van der Waals surface area contributed by atoms with Gasteiger partial charge in [-0.25, -0.2) is 9.97 Å². The summed E-state index contributed by atoms with van der Waals surface area (Å²) in [5.41, 5.74) is 0.796. The molecule has 0 fully saturated rings. The molecule has 0 spiro atoms. The lowest BCUT2D eigenvalue weighted by atomic mass is 10.4. The van der Waals surface area contributed by atoms with Crippen molar-refractivity contribution in [3.63, 3.8) is 0 Å². The summed E-state index contributed by atoms with van der Waals surface area (Å²) < 4.78 is 3.19. The molecule has 0 aliphatic carbocycles. The first-order valence-corrected chi connectivity index (χ1v) is 5.92. The van der Waals surface area contributed by atoms with Crippen LogP contribution in [-0.2, 0) is 7.05 Å². The van der Waals surface area contributed by atoms with E-state index in [2.05, 4.69) is 46.9 Å². The van der Waals surface area contributed by atoms with E-state index in [1.165, 1.54) is 0 Å². The average Bonchev–Trinajstić information content (AvgIpc) is 2.52. The van der Waals surface area contributed by atoms with E-state index in [-0.39, 0.29) is 0 Å². The van der Waals surface area contributed by atoms with Gasteiger partial charge in [-0.05, 0) is 31.9 Å². The SMILES string of the molecule is Cn1ncc(Br)c1-c1ncc(Br)c(Cl)n1. The molecule has 2 aromatic heterocycles. The summed E-state index contributed by atoms with van der Waals surface area (Å²) in [6.45, 7) is 0. The summed E-state index contributed by atoms with van der Waals surface area (Å²) in [5, 5.41) is 4.46. The maximum atomic E-state index is 5.89. The van der Waals surface area contributed by atoms with Gasteiger partial charge in [0, 0.05) is 13.2 Å². The number of rotatable bonds is 1. The van der Waals surface area contributed by atoms with Crippen LogP contribution in [0.3, 0.4) is 0 Å². The van der Waals surface area contributed by atoms with E-state index in [1.807, 2.05) is 7.05 Å². The summed E-state index contributed by atoms with van der Waals surface area (Å²) in [6.07, 6.45) is 3.30. The van der Waals surface area contributed by atoms with E-state index < -0.39 is 0 Å². The smallest absolute Gasteiger partial charge is 0.180 e. The van der Waals surface area contributed by atoms with Crippen molar-refractivity contribution in [1.82, 2.24) is 19.7 Å². The Morgan fingerprint density at radius 1 is 1.27 bits per heavy atom. The van der Waals surface area contributed by atoms with Gasteiger partial charge in [-0.1, -0.05) is 11.6 Å². The van der Waals surface area contributed by atoms with Crippen LogP contribution in [-0.4, -0.2) is 19.7 Å². The van der Waals surface area contributed by atoms with Crippen LogP contribution >= 0.6 is 43.5 Å². The van der Waals surface area contributed by atoms with Gasteiger partial charge in [0.05, 0.1) is 15.1 Å². The van der Waals surface area contributed by atoms with Gasteiger partial charge in [-0.3, -0.25) is 4.68 Å². The van der Waals surface area contributed by atoms with Gasteiger partial charge in [-0.15, -0.1) is 0 Å². The standard InChI is InChI=1S/C8H5Br2ClN4/c1-15-6(4(9)3-13-15)8-12-2-5(10)7(11)14-8/h2-3H,1H3. The number of hydrogen-bond donors (Lipinski definition) is 0. The van der Waals surface area contributed by atoms with Crippen LogP contribution in [0.15, 0.2) is 21.3 Å². The van der Waals surface area contributed by atoms with Crippen LogP contribution < -0.4 is 0 Å². The zero-order valence-corrected chi connectivity index (χ0v) is 11.5. The Balaban J connectivity index is 2.59. The Bertz CT molecular complexity index is 492. The maximum Gasteiger partial charge on any atom is 0.180 e. The Labute approximate surface area is 108 Å². The molecule has 0 atom stereocenters. The molecule has 0 unspecified atom stereocenters. The highest BCUT2D eigenvalue weighted by Gasteiger charge is 2.12. The molecule has 0 aliphatic rings. The van der Waals surface area contributed by atoms with Crippen LogP contribution in [0.4, 0.5) is 0 Å². The first-order valence-electron chi connectivity index (χ1n) is 3.95. The predicted molar refractivity (Wildman–Crippen MR) is 64.6 cm³/mol. The predicted octanol–water partition coefficient (Wildman–Crippen LogP) is 3.06. The highest BCUT2D eigenvalue weighted by Crippen LogP contribution is 2.27. The molecule has 0 amide bonds. The average molecular weight is 352 g/mol. The molecule has 0 N–H and O–H groups in total. The van der Waals surface area contributed by atoms with Crippen molar-refractivity contribution in [2.45, 2.75) is 0 Å². The first kappa shape index (κ1) is 11.0. The Morgan fingerprint density at radius 2 is 2.00 bits per heavy atom. The molecule has 2 aromatic rings. The van der Waals surface area contributed by atoms with Crippen LogP contribution in [0.25, 0.3) is 11.5 Å². The Kier molecular flexibility index (Phi) is 3.08. The molecule has 0 saturated carbocycles. The van der Waals surface area contributed by atoms with Gasteiger partial charge >= 0.3 is 0 Å². The second kappa shape index (κ2) is 4.19. The molecule has 15 heavy (non-hydrogen) atoms. The molecule has 2 rings (SSSR count). The van der Waals surface area contributed by atoms with E-state index in [0.29, 0.717) is 15.5 Å². The molecular formula is C8H5Br2ClN4. The van der Waals surface area contributed by atoms with Gasteiger partial charge in [0.25, 0.3) is 0 Å². The normalized spacial score (nSPS) is 10.7. The van der Waals surface area contributed by atoms with Crippen molar-refractivity contribution < 1.29 is 0 Å². The molecular weight excluding hydrogens is 347 g/mol. The van der Waals surface area contributed by atoms with Gasteiger partial charge < -0.3 is 0 Å². The maximum absolute atomic E-state index is 5.89. The van der Waals surface area contributed by atoms with Crippen molar-refractivity contribution in [2.24, 2.45) is 7.05 Å². The number of nitrogens with zero attached hydrogens (tertiary/aromatic N) is 4. The second-order valence-corrected chi connectivity index (χ2v) is 4.86. The molecule has 0 saturated heterocycles. The molecule has 0 bridgehead atoms. The molecule has 0 aliphatic heterocycles. The summed E-state index contributed by atoms with van der Waals surface area (Å²) in [6, 6.07) is 0. The Morgan fingerprint density at radius 3 is 2.53 bits per heavy atom. The van der Waals surface area contributed by atoms with Crippen LogP contribution in [0.1, 0.15) is 0 Å². The molecule has 2 heterocycles. The van der Waals surface area contributed by atoms with Crippen LogP contribution in [0, 0.1) is 0 Å². The lowest BCUT2D eigenvalue weighted by molar-refractivity contribution is 0.769. The largest absolute Gasteiger partial charge is 0.264 e. The third kappa shape index (κ3) is 2.07. The van der Waals surface area contributed by atoms with Crippen molar-refractivity contribution in [2.75, 3.05) is 0 Å². The van der Waals surface area contributed by atoms with Gasteiger partial charge in [0.15, 0.2) is 5.82 Å². The molecule has 4 nitrogen and oxygen atoms in total. The zero-order chi connectivity index (χ0) is 11.0. The lowest BCUT2D eigenvalue weighted by Crippen LogP contribution is -1.98. The van der Waals surface area contributed by atoms with Gasteiger partial charge in [0.2, 0.25) is 0 Å². The highest BCUT2D eigenvalue weighted by molar-refractivity contribution is 9.10. The summed E-state index contributed by atoms with van der Waals surface area (Å²) in [4.78, 5) is 8.32. The van der Waals surface area contributed by atoms with Crippen molar-refractivity contribution in [3.05, 3.63) is 26.5 Å². The fourth-order valence-electron chi connectivity index (χ4n) is 1.12. The van der Waals surface area contributed by atoms with E-state index >= 15 is 0 Å². The first-order chi connectivity index (χ1) is 7.09. The molecule has 0 radical (unpaired) electrons. The van der Waals surface area contributed by atoms with E-state index in [9.17, 15) is 0 Å². The summed E-state index contributed by atoms with van der Waals surface area (Å²) >= 11 is 12.5. The lowest BCUT2D eigenvalue weighted by Gasteiger charge is -2.02. The van der Waals surface area contributed by atoms with Gasteiger partial charge in [-0.2, -0.15) is 5.10 Å². The summed E-state index contributed by atoms with van der Waals surface area (Å²) in [5.74, 6) is 0.537. The van der Waals surface area contributed by atoms with E-state index in [0.717, 1.165) is 10.2 Å². The molecule has 7 heteroatoms. The Hall–Kier alpha value is -0.460. The third-order valence-corrected chi connectivity index (χ3v) is 3.48. The van der Waals surface area contributed by atoms with Crippen LogP contribution in [0.2, 0.25) is 5.15 Å². The van der Waals surface area contributed by atoms with Crippen molar-refractivity contribution in [1.29, 1.82) is 0 Å². The zero-order valence-electron chi connectivity index (χ0n) is 7.58. The highest BCUT2D eigenvalue weighted by atomic mass is 79.9. The minimum Gasteiger partial charge on any atom is -0.264 e. The molecule has 0 aromatic carbocycles. The second-order valence-electron chi connectivity index (χ2n) is 2.80. The topological polar surface area (TPSA) is 43.6 Å². The number of hydrogen-bond acceptors (Lipinski definition) is 3. The third-order valence-electron chi connectivity index (χ3n) is 1.81. The minimum absolute atomic E-state index is 0.383. The quantitative estimate of drug-likeness (QED) is 0.741. The van der Waals surface area contributed by atoms with E-state index in [4.69, 9.17) is 11.6 Å². The van der Waals surface area contributed by atoms with E-state index in [1.54, 1.807) is 17.1 Å². The summed E-state index contributed by atoms with van der Waals surface area (Å²) in [7, 11) is 1.82. The van der Waals surface area contributed by atoms with Crippen LogP contribution in [0.5, 0.6) is 0 Å². The number of aromatic nitrogens is 4. The monoisotopic (exact) mass is 350 g/mol. The van der Waals surface area contributed by atoms with Gasteiger partial charge in [0.1, 0.15) is 10.8 Å².